The van der Waals surface area contributed by atoms with Gasteiger partial charge in [0.05, 0.1) is 12.2 Å². The van der Waals surface area contributed by atoms with Crippen LogP contribution < -0.4 is 0 Å². The lowest BCUT2D eigenvalue weighted by Gasteiger charge is -2.29. The van der Waals surface area contributed by atoms with Gasteiger partial charge in [-0.15, -0.1) is 0 Å². The highest BCUT2D eigenvalue weighted by Crippen LogP contribution is 2.30. The van der Waals surface area contributed by atoms with E-state index in [-0.39, 0.29) is 5.92 Å². The van der Waals surface area contributed by atoms with Crippen LogP contribution in [-0.4, -0.2) is 12.7 Å². The van der Waals surface area contributed by atoms with Crippen molar-refractivity contribution in [1.82, 2.24) is 0 Å². The maximum Gasteiger partial charge on any atom is 0.345 e. The molecule has 0 N–H and O–H groups in total. The highest BCUT2D eigenvalue weighted by molar-refractivity contribution is 4.84. The van der Waals surface area contributed by atoms with Crippen LogP contribution >= 0.6 is 0 Å². The van der Waals surface area contributed by atoms with Crippen molar-refractivity contribution in [2.45, 2.75) is 44.8 Å². The number of hydrogen-bond donors (Lipinski definition) is 0. The Kier molecular flexibility index (Phi) is 4.10. The average molecular weight is 189 g/mol. The Morgan fingerprint density at radius 1 is 1.38 bits per heavy atom. The molecule has 13 heavy (non-hydrogen) atoms. The summed E-state index contributed by atoms with van der Waals surface area (Å²) in [5.74, 6) is 0.00718. The van der Waals surface area contributed by atoms with Gasteiger partial charge in [-0.1, -0.05) is 12.8 Å². The maximum absolute atomic E-state index is 11.9. The minimum atomic E-state index is -2.70. The fourth-order valence-corrected chi connectivity index (χ4v) is 1.84. The van der Waals surface area contributed by atoms with E-state index < -0.39 is 12.7 Å². The lowest BCUT2D eigenvalue weighted by Crippen LogP contribution is -2.29. The molecule has 0 radical (unpaired) electrons. The minimum absolute atomic E-state index is 0.00718. The monoisotopic (exact) mass is 189 g/mol. The predicted octanol–water partition coefficient (Wildman–Crippen LogP) is 2.70. The van der Waals surface area contributed by atoms with Gasteiger partial charge in [0.15, 0.2) is 0 Å². The van der Waals surface area contributed by atoms with Gasteiger partial charge >= 0.3 is 6.61 Å². The zero-order chi connectivity index (χ0) is 9.68. The van der Waals surface area contributed by atoms with Gasteiger partial charge in [0, 0.05) is 6.42 Å². The molecule has 0 aromatic carbocycles. The molecule has 0 saturated heterocycles. The van der Waals surface area contributed by atoms with Crippen molar-refractivity contribution >= 4 is 0 Å². The van der Waals surface area contributed by atoms with E-state index >= 15 is 0 Å². The molecule has 1 fully saturated rings. The van der Waals surface area contributed by atoms with Crippen LogP contribution in [0, 0.1) is 17.2 Å². The summed E-state index contributed by atoms with van der Waals surface area (Å²) in [6.45, 7) is -2.70. The number of rotatable bonds is 3. The molecular formula is C9H13F2NO. The predicted molar refractivity (Wildman–Crippen MR) is 43.1 cm³/mol. The van der Waals surface area contributed by atoms with Crippen molar-refractivity contribution in [2.75, 3.05) is 0 Å². The normalized spacial score (nSPS) is 28.8. The second-order valence-electron chi connectivity index (χ2n) is 3.34. The summed E-state index contributed by atoms with van der Waals surface area (Å²) in [6, 6.07) is 2.02. The first kappa shape index (κ1) is 10.4. The molecule has 0 aliphatic heterocycles. The van der Waals surface area contributed by atoms with E-state index in [1.807, 2.05) is 6.07 Å². The Morgan fingerprint density at radius 3 is 2.69 bits per heavy atom. The van der Waals surface area contributed by atoms with Gasteiger partial charge in [0.25, 0.3) is 0 Å². The standard InChI is InChI=1S/C9H13F2NO/c10-9(11)13-8-4-2-1-3-7(8)5-6-12/h7-9H,1-5H2. The molecule has 0 spiro atoms. The van der Waals surface area contributed by atoms with Crippen LogP contribution in [0.4, 0.5) is 8.78 Å². The zero-order valence-electron chi connectivity index (χ0n) is 7.38. The summed E-state index contributed by atoms with van der Waals surface area (Å²) in [5, 5.41) is 8.48. The summed E-state index contributed by atoms with van der Waals surface area (Å²) >= 11 is 0. The van der Waals surface area contributed by atoms with Gasteiger partial charge in [0.1, 0.15) is 0 Å². The third-order valence-electron chi connectivity index (χ3n) is 2.47. The molecule has 1 aliphatic carbocycles. The van der Waals surface area contributed by atoms with Crippen LogP contribution in [0.2, 0.25) is 0 Å². The summed E-state index contributed by atoms with van der Waals surface area (Å²) < 4.78 is 28.3. The van der Waals surface area contributed by atoms with Crippen LogP contribution in [-0.2, 0) is 4.74 Å². The first-order valence-electron chi connectivity index (χ1n) is 4.54. The summed E-state index contributed by atoms with van der Waals surface area (Å²) in [6.07, 6.45) is 3.38. The Balaban J connectivity index is 2.42. The van der Waals surface area contributed by atoms with Crippen LogP contribution in [0.5, 0.6) is 0 Å². The van der Waals surface area contributed by atoms with E-state index in [9.17, 15) is 8.78 Å². The molecule has 2 unspecified atom stereocenters. The summed E-state index contributed by atoms with van der Waals surface area (Å²) in [7, 11) is 0. The molecule has 1 saturated carbocycles. The Hall–Kier alpha value is -0.690. The second-order valence-corrected chi connectivity index (χ2v) is 3.34. The summed E-state index contributed by atoms with van der Waals surface area (Å²) in [4.78, 5) is 0. The number of nitriles is 1. The number of ether oxygens (including phenoxy) is 1. The van der Waals surface area contributed by atoms with Gasteiger partial charge < -0.3 is 4.74 Å². The lowest BCUT2D eigenvalue weighted by atomic mass is 9.85. The molecule has 0 amide bonds. The second kappa shape index (κ2) is 5.13. The van der Waals surface area contributed by atoms with Crippen molar-refractivity contribution in [1.29, 1.82) is 5.26 Å². The Bertz CT molecular complexity index is 191. The SMILES string of the molecule is N#CCC1CCCCC1OC(F)F. The zero-order valence-corrected chi connectivity index (χ0v) is 7.38. The summed E-state index contributed by atoms with van der Waals surface area (Å²) in [5.41, 5.74) is 0. The Labute approximate surface area is 76.5 Å². The fraction of sp³-hybridized carbons (Fsp3) is 0.889. The molecule has 0 heterocycles. The van der Waals surface area contributed by atoms with Crippen molar-refractivity contribution < 1.29 is 13.5 Å². The molecule has 1 aliphatic rings. The molecule has 0 bridgehead atoms. The fourth-order valence-electron chi connectivity index (χ4n) is 1.84. The van der Waals surface area contributed by atoms with E-state index in [4.69, 9.17) is 5.26 Å². The van der Waals surface area contributed by atoms with Crippen LogP contribution in [0.15, 0.2) is 0 Å². The van der Waals surface area contributed by atoms with Crippen molar-refractivity contribution in [3.05, 3.63) is 0 Å². The van der Waals surface area contributed by atoms with E-state index in [2.05, 4.69) is 4.74 Å². The first-order valence-corrected chi connectivity index (χ1v) is 4.54. The van der Waals surface area contributed by atoms with Crippen molar-refractivity contribution in [3.8, 4) is 6.07 Å². The molecular weight excluding hydrogens is 176 g/mol. The average Bonchev–Trinajstić information content (AvgIpc) is 2.08. The molecule has 0 aromatic heterocycles. The smallest absolute Gasteiger partial charge is 0.319 e. The number of alkyl halides is 2. The van der Waals surface area contributed by atoms with Gasteiger partial charge in [-0.3, -0.25) is 0 Å². The molecule has 1 rings (SSSR count). The molecule has 2 nitrogen and oxygen atoms in total. The van der Waals surface area contributed by atoms with Crippen LogP contribution in [0.3, 0.4) is 0 Å². The van der Waals surface area contributed by atoms with Gasteiger partial charge in [-0.25, -0.2) is 0 Å². The van der Waals surface area contributed by atoms with E-state index in [1.165, 1.54) is 0 Å². The largest absolute Gasteiger partial charge is 0.345 e. The van der Waals surface area contributed by atoms with E-state index in [0.29, 0.717) is 12.8 Å². The lowest BCUT2D eigenvalue weighted by molar-refractivity contribution is -0.182. The van der Waals surface area contributed by atoms with Gasteiger partial charge in [-0.05, 0) is 18.8 Å². The van der Waals surface area contributed by atoms with Crippen LogP contribution in [0.25, 0.3) is 0 Å². The number of hydrogen-bond acceptors (Lipinski definition) is 2. The first-order chi connectivity index (χ1) is 6.24. The highest BCUT2D eigenvalue weighted by Gasteiger charge is 2.27. The molecule has 4 heteroatoms. The van der Waals surface area contributed by atoms with Crippen LogP contribution in [0.1, 0.15) is 32.1 Å². The molecule has 74 valence electrons. The highest BCUT2D eigenvalue weighted by atomic mass is 19.3. The van der Waals surface area contributed by atoms with Gasteiger partial charge in [-0.2, -0.15) is 14.0 Å². The minimum Gasteiger partial charge on any atom is -0.319 e. The quantitative estimate of drug-likeness (QED) is 0.683. The number of halogens is 2. The molecule has 0 aromatic rings. The third-order valence-corrected chi connectivity index (χ3v) is 2.47. The van der Waals surface area contributed by atoms with Crippen molar-refractivity contribution in [2.24, 2.45) is 5.92 Å². The van der Waals surface area contributed by atoms with Gasteiger partial charge in [0.2, 0.25) is 0 Å². The van der Waals surface area contributed by atoms with E-state index in [1.54, 1.807) is 0 Å². The van der Waals surface area contributed by atoms with Crippen molar-refractivity contribution in [3.63, 3.8) is 0 Å². The topological polar surface area (TPSA) is 33.0 Å². The number of nitrogens with zero attached hydrogens (tertiary/aromatic N) is 1. The molecule has 2 atom stereocenters. The van der Waals surface area contributed by atoms with E-state index in [0.717, 1.165) is 19.3 Å². The third kappa shape index (κ3) is 3.27. The Morgan fingerprint density at radius 2 is 2.08 bits per heavy atom. The maximum atomic E-state index is 11.9.